The first kappa shape index (κ1) is 13.0. The van der Waals surface area contributed by atoms with E-state index < -0.39 is 11.2 Å². The van der Waals surface area contributed by atoms with Gasteiger partial charge in [-0.05, 0) is 25.5 Å². The lowest BCUT2D eigenvalue weighted by Gasteiger charge is -2.16. The topological polar surface area (TPSA) is 46.2 Å². The molecule has 1 heterocycles. The zero-order valence-corrected chi connectivity index (χ0v) is 11.1. The van der Waals surface area contributed by atoms with Gasteiger partial charge in [0.2, 0.25) is 5.91 Å². The van der Waals surface area contributed by atoms with Crippen molar-refractivity contribution in [3.63, 3.8) is 0 Å². The van der Waals surface area contributed by atoms with Crippen LogP contribution < -0.4 is 5.32 Å². The molecule has 0 fully saturated rings. The van der Waals surface area contributed by atoms with Crippen molar-refractivity contribution >= 4 is 29.0 Å². The summed E-state index contributed by atoms with van der Waals surface area (Å²) in [4.78, 5) is 23.5. The molecule has 0 aliphatic carbocycles. The molecule has 1 aliphatic rings. The Balaban J connectivity index is 2.73. The minimum absolute atomic E-state index is 0.0502. The molecule has 1 amide bonds. The third-order valence-corrected chi connectivity index (χ3v) is 3.66. The SMILES string of the molecule is CCC(=O)c1cc2c(c(Cl)c1F)NC(=O)C2(C)C. The molecule has 96 valence electrons. The molecule has 0 radical (unpaired) electrons. The average molecular weight is 270 g/mol. The monoisotopic (exact) mass is 269 g/mol. The summed E-state index contributed by atoms with van der Waals surface area (Å²) in [6, 6.07) is 1.43. The van der Waals surface area contributed by atoms with E-state index in [0.29, 0.717) is 5.56 Å². The lowest BCUT2D eigenvalue weighted by Crippen LogP contribution is -2.27. The molecule has 3 nitrogen and oxygen atoms in total. The van der Waals surface area contributed by atoms with E-state index in [-0.39, 0.29) is 34.4 Å². The van der Waals surface area contributed by atoms with Gasteiger partial charge in [-0.3, -0.25) is 9.59 Å². The molecular weight excluding hydrogens is 257 g/mol. The van der Waals surface area contributed by atoms with E-state index in [2.05, 4.69) is 5.32 Å². The normalized spacial score (nSPS) is 16.4. The van der Waals surface area contributed by atoms with Crippen molar-refractivity contribution in [1.82, 2.24) is 0 Å². The van der Waals surface area contributed by atoms with Gasteiger partial charge in [-0.2, -0.15) is 0 Å². The Morgan fingerprint density at radius 3 is 2.67 bits per heavy atom. The Labute approximate surface area is 109 Å². The number of halogens is 2. The summed E-state index contributed by atoms with van der Waals surface area (Å²) in [5.41, 5.74) is -0.0199. The summed E-state index contributed by atoms with van der Waals surface area (Å²) in [7, 11) is 0. The van der Waals surface area contributed by atoms with E-state index >= 15 is 0 Å². The molecule has 18 heavy (non-hydrogen) atoms. The number of amides is 1. The lowest BCUT2D eigenvalue weighted by atomic mass is 9.85. The Morgan fingerprint density at radius 1 is 1.50 bits per heavy atom. The molecule has 0 unspecified atom stereocenters. The number of Topliss-reactive ketones (excluding diaryl/α,β-unsaturated/α-hetero) is 1. The number of nitrogens with one attached hydrogen (secondary N) is 1. The van der Waals surface area contributed by atoms with E-state index in [9.17, 15) is 14.0 Å². The lowest BCUT2D eigenvalue weighted by molar-refractivity contribution is -0.119. The second kappa shape index (κ2) is 4.05. The Morgan fingerprint density at radius 2 is 2.11 bits per heavy atom. The summed E-state index contributed by atoms with van der Waals surface area (Å²) in [5.74, 6) is -1.34. The van der Waals surface area contributed by atoms with Gasteiger partial charge in [0.1, 0.15) is 5.02 Å². The summed E-state index contributed by atoms with van der Waals surface area (Å²) < 4.78 is 14.0. The highest BCUT2D eigenvalue weighted by Gasteiger charge is 2.41. The Bertz CT molecular complexity index is 567. The molecule has 0 bridgehead atoms. The van der Waals surface area contributed by atoms with Crippen LogP contribution in [0.1, 0.15) is 43.1 Å². The molecule has 0 atom stereocenters. The molecule has 1 aromatic carbocycles. The van der Waals surface area contributed by atoms with Crippen molar-refractivity contribution in [3.05, 3.63) is 28.0 Å². The zero-order valence-electron chi connectivity index (χ0n) is 10.4. The molecule has 1 N–H and O–H groups in total. The molecule has 0 aromatic heterocycles. The maximum atomic E-state index is 14.0. The first-order valence-electron chi connectivity index (χ1n) is 5.67. The van der Waals surface area contributed by atoms with Crippen LogP contribution in [0.3, 0.4) is 0 Å². The summed E-state index contributed by atoms with van der Waals surface area (Å²) in [5, 5.41) is 2.37. The predicted octanol–water partition coefficient (Wildman–Crippen LogP) is 3.30. The standard InChI is InChI=1S/C13H13ClFNO2/c1-4-8(17)6-5-7-11(9(14)10(6)15)16-12(18)13(7,2)3/h5H,4H2,1-3H3,(H,16,18). The minimum atomic E-state index is -0.810. The number of benzene rings is 1. The van der Waals surface area contributed by atoms with Crippen molar-refractivity contribution < 1.29 is 14.0 Å². The highest BCUT2D eigenvalue weighted by atomic mass is 35.5. The first-order valence-corrected chi connectivity index (χ1v) is 6.05. The number of hydrogen-bond donors (Lipinski definition) is 1. The van der Waals surface area contributed by atoms with Crippen LogP contribution in [0.4, 0.5) is 10.1 Å². The number of carbonyl (C=O) groups excluding carboxylic acids is 2. The van der Waals surface area contributed by atoms with E-state index in [1.807, 2.05) is 0 Å². The average Bonchev–Trinajstić information content (AvgIpc) is 2.55. The second-order valence-corrected chi connectivity index (χ2v) is 5.21. The Kier molecular flexibility index (Phi) is 2.93. The summed E-state index contributed by atoms with van der Waals surface area (Å²) in [6.45, 7) is 5.07. The van der Waals surface area contributed by atoms with E-state index in [1.54, 1.807) is 20.8 Å². The van der Waals surface area contributed by atoms with Crippen LogP contribution in [0.5, 0.6) is 0 Å². The molecule has 1 aliphatic heterocycles. The number of fused-ring (bicyclic) bond motifs is 1. The zero-order chi connectivity index (χ0) is 13.7. The predicted molar refractivity (Wildman–Crippen MR) is 67.7 cm³/mol. The Hall–Kier alpha value is -1.42. The van der Waals surface area contributed by atoms with Crippen LogP contribution in [0, 0.1) is 5.82 Å². The third kappa shape index (κ3) is 1.63. The van der Waals surface area contributed by atoms with Crippen LogP contribution in [-0.2, 0) is 10.2 Å². The van der Waals surface area contributed by atoms with E-state index in [1.165, 1.54) is 6.07 Å². The maximum Gasteiger partial charge on any atom is 0.234 e. The summed E-state index contributed by atoms with van der Waals surface area (Å²) in [6.07, 6.45) is 0.188. The number of anilines is 1. The van der Waals surface area contributed by atoms with Crippen LogP contribution in [-0.4, -0.2) is 11.7 Å². The van der Waals surface area contributed by atoms with Gasteiger partial charge in [-0.25, -0.2) is 4.39 Å². The fraction of sp³-hybridized carbons (Fsp3) is 0.385. The molecule has 1 aromatic rings. The van der Waals surface area contributed by atoms with Gasteiger partial charge in [0, 0.05) is 6.42 Å². The van der Waals surface area contributed by atoms with Crippen LogP contribution in [0.15, 0.2) is 6.07 Å². The fourth-order valence-corrected chi connectivity index (χ4v) is 2.28. The number of carbonyl (C=O) groups is 2. The van der Waals surface area contributed by atoms with Gasteiger partial charge in [0.15, 0.2) is 11.6 Å². The maximum absolute atomic E-state index is 14.0. The molecule has 5 heteroatoms. The number of ketones is 1. The fourth-order valence-electron chi connectivity index (χ4n) is 2.03. The highest BCUT2D eigenvalue weighted by Crippen LogP contribution is 2.43. The molecular formula is C13H13ClFNO2. The van der Waals surface area contributed by atoms with Gasteiger partial charge in [-0.15, -0.1) is 0 Å². The van der Waals surface area contributed by atoms with Crippen molar-refractivity contribution in [2.75, 3.05) is 5.32 Å². The van der Waals surface area contributed by atoms with Crippen molar-refractivity contribution in [2.45, 2.75) is 32.6 Å². The van der Waals surface area contributed by atoms with Crippen molar-refractivity contribution in [3.8, 4) is 0 Å². The number of hydrogen-bond acceptors (Lipinski definition) is 2. The summed E-state index contributed by atoms with van der Waals surface area (Å²) >= 11 is 5.90. The quantitative estimate of drug-likeness (QED) is 0.838. The van der Waals surface area contributed by atoms with Gasteiger partial charge >= 0.3 is 0 Å². The molecule has 2 rings (SSSR count). The molecule has 0 saturated heterocycles. The van der Waals surface area contributed by atoms with Crippen LogP contribution in [0.25, 0.3) is 0 Å². The van der Waals surface area contributed by atoms with Crippen LogP contribution in [0.2, 0.25) is 5.02 Å². The highest BCUT2D eigenvalue weighted by molar-refractivity contribution is 6.35. The van der Waals surface area contributed by atoms with Crippen LogP contribution >= 0.6 is 11.6 Å². The third-order valence-electron chi connectivity index (χ3n) is 3.31. The van der Waals surface area contributed by atoms with E-state index in [4.69, 9.17) is 11.6 Å². The minimum Gasteiger partial charge on any atom is -0.324 e. The first-order chi connectivity index (χ1) is 8.30. The van der Waals surface area contributed by atoms with Gasteiger partial charge in [0.25, 0.3) is 0 Å². The second-order valence-electron chi connectivity index (χ2n) is 4.83. The molecule has 0 saturated carbocycles. The smallest absolute Gasteiger partial charge is 0.234 e. The van der Waals surface area contributed by atoms with Gasteiger partial charge < -0.3 is 5.32 Å². The van der Waals surface area contributed by atoms with Gasteiger partial charge in [0.05, 0.1) is 16.7 Å². The van der Waals surface area contributed by atoms with Crippen molar-refractivity contribution in [1.29, 1.82) is 0 Å². The van der Waals surface area contributed by atoms with E-state index in [0.717, 1.165) is 0 Å². The number of rotatable bonds is 2. The van der Waals surface area contributed by atoms with Gasteiger partial charge in [-0.1, -0.05) is 18.5 Å². The van der Waals surface area contributed by atoms with Crippen molar-refractivity contribution in [2.24, 2.45) is 0 Å². The molecule has 0 spiro atoms. The largest absolute Gasteiger partial charge is 0.324 e.